The number of rotatable bonds is 4. The lowest BCUT2D eigenvalue weighted by molar-refractivity contribution is -0.141. The number of thiophene rings is 1. The van der Waals surface area contributed by atoms with E-state index in [0.29, 0.717) is 6.54 Å². The lowest BCUT2D eigenvalue weighted by atomic mass is 9.87. The van der Waals surface area contributed by atoms with Crippen molar-refractivity contribution in [1.29, 1.82) is 0 Å². The van der Waals surface area contributed by atoms with Gasteiger partial charge in [0.05, 0.1) is 0 Å². The number of carboxylic acid groups (broad SMARTS) is 1. The zero-order valence-electron chi connectivity index (χ0n) is 11.6. The normalized spacial score (nSPS) is 12.8. The van der Waals surface area contributed by atoms with E-state index in [1.54, 1.807) is 32.1 Å². The first-order chi connectivity index (χ1) is 8.71. The van der Waals surface area contributed by atoms with Crippen LogP contribution in [0.2, 0.25) is 0 Å². The van der Waals surface area contributed by atoms with E-state index in [0.717, 1.165) is 11.1 Å². The van der Waals surface area contributed by atoms with Crippen molar-refractivity contribution in [1.82, 2.24) is 10.6 Å². The fourth-order valence-electron chi connectivity index (χ4n) is 1.57. The number of urea groups is 1. The van der Waals surface area contributed by atoms with Crippen LogP contribution in [0.1, 0.15) is 31.9 Å². The zero-order chi connectivity index (χ0) is 14.6. The van der Waals surface area contributed by atoms with Crippen LogP contribution >= 0.6 is 11.3 Å². The second-order valence-corrected chi connectivity index (χ2v) is 6.29. The molecule has 0 radical (unpaired) electrons. The van der Waals surface area contributed by atoms with Gasteiger partial charge in [-0.05, 0) is 34.2 Å². The van der Waals surface area contributed by atoms with Crippen molar-refractivity contribution >= 4 is 23.3 Å². The monoisotopic (exact) mass is 284 g/mol. The van der Waals surface area contributed by atoms with E-state index in [-0.39, 0.29) is 0 Å². The van der Waals surface area contributed by atoms with Gasteiger partial charge in [0.2, 0.25) is 0 Å². The third-order valence-corrected chi connectivity index (χ3v) is 3.70. The van der Waals surface area contributed by atoms with Gasteiger partial charge in [-0.3, -0.25) is 0 Å². The van der Waals surface area contributed by atoms with E-state index in [9.17, 15) is 9.59 Å². The van der Waals surface area contributed by atoms with Crippen molar-refractivity contribution in [3.8, 4) is 0 Å². The molecular formula is C13H20N2O3S. The Balaban J connectivity index is 2.55. The molecule has 19 heavy (non-hydrogen) atoms. The van der Waals surface area contributed by atoms with E-state index in [1.165, 1.54) is 0 Å². The molecule has 0 fully saturated rings. The number of hydrogen-bond donors (Lipinski definition) is 3. The van der Waals surface area contributed by atoms with E-state index < -0.39 is 23.5 Å². The third kappa shape index (κ3) is 4.55. The highest BCUT2D eigenvalue weighted by Gasteiger charge is 2.32. The molecule has 0 bridgehead atoms. The average molecular weight is 284 g/mol. The SMILES string of the molecule is Cc1cscc1CNC(=O)NC(C(=O)O)C(C)(C)C. The summed E-state index contributed by atoms with van der Waals surface area (Å²) in [6.07, 6.45) is 0. The van der Waals surface area contributed by atoms with Gasteiger partial charge in [0.1, 0.15) is 6.04 Å². The molecule has 0 saturated carbocycles. The second kappa shape index (κ2) is 6.06. The molecule has 5 nitrogen and oxygen atoms in total. The summed E-state index contributed by atoms with van der Waals surface area (Å²) in [7, 11) is 0. The van der Waals surface area contributed by atoms with Gasteiger partial charge in [-0.15, -0.1) is 0 Å². The molecule has 1 rings (SSSR count). The van der Waals surface area contributed by atoms with Crippen molar-refractivity contribution in [3.63, 3.8) is 0 Å². The predicted molar refractivity (Wildman–Crippen MR) is 75.3 cm³/mol. The molecule has 1 aromatic rings. The Labute approximate surface area is 117 Å². The Morgan fingerprint density at radius 2 is 2.00 bits per heavy atom. The summed E-state index contributed by atoms with van der Waals surface area (Å²) in [6, 6.07) is -1.39. The summed E-state index contributed by atoms with van der Waals surface area (Å²) in [4.78, 5) is 22.9. The summed E-state index contributed by atoms with van der Waals surface area (Å²) >= 11 is 1.58. The average Bonchev–Trinajstić information content (AvgIpc) is 2.67. The first-order valence-electron chi connectivity index (χ1n) is 6.00. The molecule has 1 unspecified atom stereocenters. The molecule has 1 atom stereocenters. The van der Waals surface area contributed by atoms with Gasteiger partial charge in [-0.1, -0.05) is 20.8 Å². The molecule has 0 aliphatic heterocycles. The van der Waals surface area contributed by atoms with Gasteiger partial charge in [-0.2, -0.15) is 11.3 Å². The summed E-state index contributed by atoms with van der Waals surface area (Å²) in [5.74, 6) is -1.03. The standard InChI is InChI=1S/C13H20N2O3S/c1-8-6-19-7-9(8)5-14-12(18)15-10(11(16)17)13(2,3)4/h6-7,10H,5H2,1-4H3,(H,16,17)(H2,14,15,18). The summed E-state index contributed by atoms with van der Waals surface area (Å²) in [5.41, 5.74) is 1.63. The van der Waals surface area contributed by atoms with Gasteiger partial charge in [-0.25, -0.2) is 9.59 Å². The number of carbonyl (C=O) groups is 2. The maximum absolute atomic E-state index is 11.7. The number of nitrogens with one attached hydrogen (secondary N) is 2. The van der Waals surface area contributed by atoms with Crippen LogP contribution in [-0.2, 0) is 11.3 Å². The first kappa shape index (κ1) is 15.5. The number of carbonyl (C=O) groups excluding carboxylic acids is 1. The Morgan fingerprint density at radius 1 is 1.37 bits per heavy atom. The molecule has 0 saturated heterocycles. The minimum absolute atomic E-state index is 0.400. The van der Waals surface area contributed by atoms with Crippen LogP contribution in [0.15, 0.2) is 10.8 Å². The largest absolute Gasteiger partial charge is 0.480 e. The zero-order valence-corrected chi connectivity index (χ0v) is 12.4. The van der Waals surface area contributed by atoms with Crippen molar-refractivity contribution in [2.75, 3.05) is 0 Å². The summed E-state index contributed by atoms with van der Waals surface area (Å²) < 4.78 is 0. The van der Waals surface area contributed by atoms with Crippen molar-refractivity contribution in [2.45, 2.75) is 40.3 Å². The maximum Gasteiger partial charge on any atom is 0.326 e. The summed E-state index contributed by atoms with van der Waals surface area (Å²) in [5, 5.41) is 18.3. The molecule has 0 aliphatic carbocycles. The van der Waals surface area contributed by atoms with Crippen LogP contribution in [0.4, 0.5) is 4.79 Å². The van der Waals surface area contributed by atoms with E-state index in [2.05, 4.69) is 10.6 Å². The number of hydrogen-bond acceptors (Lipinski definition) is 3. The highest BCUT2D eigenvalue weighted by Crippen LogP contribution is 2.19. The third-order valence-electron chi connectivity index (χ3n) is 2.79. The maximum atomic E-state index is 11.7. The minimum Gasteiger partial charge on any atom is -0.480 e. The van der Waals surface area contributed by atoms with Gasteiger partial charge in [0, 0.05) is 6.54 Å². The fraction of sp³-hybridized carbons (Fsp3) is 0.538. The number of amides is 2. The lowest BCUT2D eigenvalue weighted by Gasteiger charge is -2.27. The molecule has 1 aromatic heterocycles. The van der Waals surface area contributed by atoms with Gasteiger partial charge in [0.15, 0.2) is 0 Å². The van der Waals surface area contributed by atoms with Crippen molar-refractivity contribution < 1.29 is 14.7 Å². The molecule has 6 heteroatoms. The van der Waals surface area contributed by atoms with E-state index in [4.69, 9.17) is 5.11 Å². The number of aliphatic carboxylic acids is 1. The van der Waals surface area contributed by atoms with Gasteiger partial charge < -0.3 is 15.7 Å². The molecule has 2 amide bonds. The molecule has 0 spiro atoms. The summed E-state index contributed by atoms with van der Waals surface area (Å²) in [6.45, 7) is 7.69. The minimum atomic E-state index is -1.03. The van der Waals surface area contributed by atoms with Gasteiger partial charge in [0.25, 0.3) is 0 Å². The van der Waals surface area contributed by atoms with Crippen LogP contribution < -0.4 is 10.6 Å². The molecule has 3 N–H and O–H groups in total. The Kier molecular flexibility index (Phi) is 4.94. The fourth-order valence-corrected chi connectivity index (χ4v) is 2.43. The molecule has 0 aliphatic rings. The topological polar surface area (TPSA) is 78.4 Å². The van der Waals surface area contributed by atoms with Crippen molar-refractivity contribution in [2.24, 2.45) is 5.41 Å². The first-order valence-corrected chi connectivity index (χ1v) is 6.95. The quantitative estimate of drug-likeness (QED) is 0.794. The van der Waals surface area contributed by atoms with Crippen molar-refractivity contribution in [3.05, 3.63) is 21.9 Å². The Hall–Kier alpha value is -1.56. The molecular weight excluding hydrogens is 264 g/mol. The lowest BCUT2D eigenvalue weighted by Crippen LogP contribution is -2.52. The van der Waals surface area contributed by atoms with Gasteiger partial charge >= 0.3 is 12.0 Å². The van der Waals surface area contributed by atoms with E-state index in [1.807, 2.05) is 17.7 Å². The smallest absolute Gasteiger partial charge is 0.326 e. The van der Waals surface area contributed by atoms with Crippen LogP contribution in [0.5, 0.6) is 0 Å². The second-order valence-electron chi connectivity index (χ2n) is 5.54. The number of aryl methyl sites for hydroxylation is 1. The molecule has 0 aromatic carbocycles. The molecule has 1 heterocycles. The van der Waals surface area contributed by atoms with Crippen LogP contribution in [-0.4, -0.2) is 23.1 Å². The Bertz CT molecular complexity index is 463. The Morgan fingerprint density at radius 3 is 2.42 bits per heavy atom. The highest BCUT2D eigenvalue weighted by atomic mass is 32.1. The van der Waals surface area contributed by atoms with Crippen LogP contribution in [0.25, 0.3) is 0 Å². The highest BCUT2D eigenvalue weighted by molar-refractivity contribution is 7.08. The predicted octanol–water partition coefficient (Wildman–Crippen LogP) is 2.36. The van der Waals surface area contributed by atoms with Crippen LogP contribution in [0.3, 0.4) is 0 Å². The van der Waals surface area contributed by atoms with Crippen LogP contribution in [0, 0.1) is 12.3 Å². The van der Waals surface area contributed by atoms with E-state index >= 15 is 0 Å². The number of carboxylic acids is 1. The molecule has 106 valence electrons.